The van der Waals surface area contributed by atoms with Crippen molar-refractivity contribution in [2.75, 3.05) is 26.2 Å². The SMILES string of the molecule is C=CC(=O)[N+]1=C(C)CN(C[C@H](Sc2ccc(S(=O)(=O)N=C)cc2)c2ccc(C)c(F)c2)CC1. The molecule has 1 atom stereocenters. The Morgan fingerprint density at radius 2 is 1.97 bits per heavy atom. The molecule has 0 radical (unpaired) electrons. The molecule has 174 valence electrons. The lowest BCUT2D eigenvalue weighted by atomic mass is 10.1. The minimum absolute atomic E-state index is 0.0769. The fourth-order valence-electron chi connectivity index (χ4n) is 3.67. The number of carbonyl (C=O) groups is 1. The number of hydrogen-bond acceptors (Lipinski definition) is 5. The molecule has 2 aromatic carbocycles. The van der Waals surface area contributed by atoms with Crippen LogP contribution in [0.25, 0.3) is 0 Å². The van der Waals surface area contributed by atoms with Gasteiger partial charge in [0.05, 0.1) is 18.0 Å². The lowest BCUT2D eigenvalue weighted by Crippen LogP contribution is -2.46. The topological polar surface area (TPSA) is 69.8 Å². The van der Waals surface area contributed by atoms with Gasteiger partial charge < -0.3 is 0 Å². The van der Waals surface area contributed by atoms with E-state index in [1.807, 2.05) is 13.0 Å². The second-order valence-corrected chi connectivity index (χ2v) is 10.8. The van der Waals surface area contributed by atoms with E-state index in [4.69, 9.17) is 0 Å². The van der Waals surface area contributed by atoms with E-state index in [2.05, 4.69) is 22.6 Å². The number of amides is 1. The Kier molecular flexibility index (Phi) is 7.99. The van der Waals surface area contributed by atoms with Gasteiger partial charge in [-0.05, 0) is 48.4 Å². The molecule has 2 aromatic rings. The number of hydrogen-bond donors (Lipinski definition) is 0. The Morgan fingerprint density at radius 3 is 2.55 bits per heavy atom. The van der Waals surface area contributed by atoms with Crippen molar-refractivity contribution in [1.82, 2.24) is 4.90 Å². The van der Waals surface area contributed by atoms with E-state index in [0.29, 0.717) is 31.7 Å². The van der Waals surface area contributed by atoms with Gasteiger partial charge in [-0.3, -0.25) is 4.90 Å². The zero-order valence-electron chi connectivity index (χ0n) is 18.7. The molecule has 6 nitrogen and oxygen atoms in total. The molecule has 1 aliphatic rings. The standard InChI is InChI=1S/C24H27FN3O3S2/c1-5-24(29)28-13-12-27(15-18(28)3)16-23(19-7-6-17(2)22(25)14-19)32-20-8-10-21(11-9-20)33(30,31)26-4/h5-11,14,23H,1,4,12-13,15-16H2,2-3H3/q+1/t23-/m0/s1. The first-order valence-corrected chi connectivity index (χ1v) is 12.7. The molecule has 0 spiro atoms. The summed E-state index contributed by atoms with van der Waals surface area (Å²) in [5.41, 5.74) is 2.36. The minimum atomic E-state index is -3.74. The average molecular weight is 489 g/mol. The van der Waals surface area contributed by atoms with Crippen molar-refractivity contribution in [2.45, 2.75) is 28.9 Å². The average Bonchev–Trinajstić information content (AvgIpc) is 2.80. The van der Waals surface area contributed by atoms with Crippen LogP contribution in [-0.4, -0.2) is 62.4 Å². The number of thioether (sulfide) groups is 1. The highest BCUT2D eigenvalue weighted by molar-refractivity contribution is 7.99. The number of sulfonamides is 1. The third-order valence-electron chi connectivity index (χ3n) is 5.56. The molecule has 0 bridgehead atoms. The maximum Gasteiger partial charge on any atom is 0.411 e. The highest BCUT2D eigenvalue weighted by Crippen LogP contribution is 2.37. The van der Waals surface area contributed by atoms with Crippen LogP contribution in [0.3, 0.4) is 0 Å². The van der Waals surface area contributed by atoms with Crippen LogP contribution in [-0.2, 0) is 14.8 Å². The van der Waals surface area contributed by atoms with Gasteiger partial charge in [-0.1, -0.05) is 18.7 Å². The van der Waals surface area contributed by atoms with Crippen molar-refractivity contribution in [3.05, 3.63) is 72.1 Å². The first kappa shape index (κ1) is 25.0. The zero-order valence-corrected chi connectivity index (χ0v) is 20.3. The number of nitrogens with zero attached hydrogens (tertiary/aromatic N) is 3. The van der Waals surface area contributed by atoms with E-state index in [1.54, 1.807) is 35.8 Å². The second-order valence-electron chi connectivity index (χ2n) is 7.86. The lowest BCUT2D eigenvalue weighted by molar-refractivity contribution is -0.451. The number of benzene rings is 2. The molecule has 1 heterocycles. The van der Waals surface area contributed by atoms with E-state index in [9.17, 15) is 17.6 Å². The first-order chi connectivity index (χ1) is 15.6. The van der Waals surface area contributed by atoms with Crippen LogP contribution >= 0.6 is 11.8 Å². The molecular weight excluding hydrogens is 461 g/mol. The molecule has 33 heavy (non-hydrogen) atoms. The summed E-state index contributed by atoms with van der Waals surface area (Å²) in [6.45, 7) is 12.8. The van der Waals surface area contributed by atoms with Gasteiger partial charge in [0.2, 0.25) is 0 Å². The normalized spacial score (nSPS) is 15.8. The first-order valence-electron chi connectivity index (χ1n) is 10.4. The molecule has 1 aliphatic heterocycles. The molecule has 0 fully saturated rings. The maximum absolute atomic E-state index is 14.4. The van der Waals surface area contributed by atoms with Gasteiger partial charge in [0.15, 0.2) is 12.3 Å². The van der Waals surface area contributed by atoms with E-state index in [-0.39, 0.29) is 21.9 Å². The summed E-state index contributed by atoms with van der Waals surface area (Å²) in [4.78, 5) is 15.2. The number of rotatable bonds is 8. The monoisotopic (exact) mass is 488 g/mol. The Labute approximate surface area is 198 Å². The molecule has 0 saturated heterocycles. The van der Waals surface area contributed by atoms with Crippen molar-refractivity contribution in [3.63, 3.8) is 0 Å². The summed E-state index contributed by atoms with van der Waals surface area (Å²) in [5, 5.41) is -0.102. The Bertz CT molecular complexity index is 1210. The van der Waals surface area contributed by atoms with Crippen LogP contribution in [0.5, 0.6) is 0 Å². The van der Waals surface area contributed by atoms with Crippen molar-refractivity contribution in [1.29, 1.82) is 0 Å². The Hall–Kier alpha value is -2.62. The van der Waals surface area contributed by atoms with E-state index in [0.717, 1.165) is 16.2 Å². The van der Waals surface area contributed by atoms with Crippen molar-refractivity contribution in [2.24, 2.45) is 4.40 Å². The van der Waals surface area contributed by atoms with Gasteiger partial charge in [-0.25, -0.2) is 9.18 Å². The van der Waals surface area contributed by atoms with Crippen molar-refractivity contribution in [3.8, 4) is 0 Å². The summed E-state index contributed by atoms with van der Waals surface area (Å²) >= 11 is 1.53. The zero-order chi connectivity index (χ0) is 24.2. The molecule has 0 saturated carbocycles. The predicted molar refractivity (Wildman–Crippen MR) is 130 cm³/mol. The molecule has 0 unspecified atom stereocenters. The molecule has 0 aromatic heterocycles. The van der Waals surface area contributed by atoms with Crippen LogP contribution in [0.1, 0.15) is 23.3 Å². The van der Waals surface area contributed by atoms with E-state index >= 15 is 0 Å². The van der Waals surface area contributed by atoms with Crippen LogP contribution in [0, 0.1) is 12.7 Å². The van der Waals surface area contributed by atoms with E-state index < -0.39 is 10.0 Å². The van der Waals surface area contributed by atoms with Gasteiger partial charge in [-0.2, -0.15) is 17.4 Å². The lowest BCUT2D eigenvalue weighted by Gasteiger charge is -2.29. The van der Waals surface area contributed by atoms with Gasteiger partial charge in [0, 0.05) is 36.4 Å². The third kappa shape index (κ3) is 6.04. The molecule has 3 rings (SSSR count). The summed E-state index contributed by atoms with van der Waals surface area (Å²) < 4.78 is 43.1. The van der Waals surface area contributed by atoms with Gasteiger partial charge in [0.1, 0.15) is 5.82 Å². The highest BCUT2D eigenvalue weighted by atomic mass is 32.2. The number of halogens is 1. The molecule has 1 amide bonds. The summed E-state index contributed by atoms with van der Waals surface area (Å²) in [6, 6.07) is 11.7. The fraction of sp³-hybridized carbons (Fsp3) is 0.292. The highest BCUT2D eigenvalue weighted by Gasteiger charge is 2.28. The minimum Gasteiger partial charge on any atom is -0.286 e. The summed E-state index contributed by atoms with van der Waals surface area (Å²) in [7, 11) is -3.74. The van der Waals surface area contributed by atoms with Crippen molar-refractivity contribution < 1.29 is 22.2 Å². The third-order valence-corrected chi connectivity index (χ3v) is 8.01. The van der Waals surface area contributed by atoms with E-state index in [1.165, 1.54) is 30.0 Å². The fourth-order valence-corrected chi connectivity index (χ4v) is 5.49. The smallest absolute Gasteiger partial charge is 0.286 e. The van der Waals surface area contributed by atoms with Crippen LogP contribution in [0.4, 0.5) is 4.39 Å². The Balaban J connectivity index is 1.85. The largest absolute Gasteiger partial charge is 0.411 e. The Morgan fingerprint density at radius 1 is 1.27 bits per heavy atom. The van der Waals surface area contributed by atoms with Crippen LogP contribution in [0.2, 0.25) is 0 Å². The molecule has 9 heteroatoms. The van der Waals surface area contributed by atoms with Crippen LogP contribution < -0.4 is 0 Å². The maximum atomic E-state index is 14.4. The van der Waals surface area contributed by atoms with Gasteiger partial charge in [-0.15, -0.1) is 11.8 Å². The van der Waals surface area contributed by atoms with Crippen LogP contribution in [0.15, 0.2) is 69.3 Å². The van der Waals surface area contributed by atoms with Gasteiger partial charge >= 0.3 is 5.91 Å². The second kappa shape index (κ2) is 10.5. The molecular formula is C24H27FN3O3S2+. The number of carbonyl (C=O) groups excluding carboxylic acids is 1. The summed E-state index contributed by atoms with van der Waals surface area (Å²) in [5.74, 6) is -0.372. The predicted octanol–water partition coefficient (Wildman–Crippen LogP) is 3.86. The molecule has 0 N–H and O–H groups in total. The van der Waals surface area contributed by atoms with Crippen molar-refractivity contribution >= 4 is 40.1 Å². The summed E-state index contributed by atoms with van der Waals surface area (Å²) in [6.07, 6.45) is 1.32. The molecule has 0 aliphatic carbocycles. The van der Waals surface area contributed by atoms with Gasteiger partial charge in [0.25, 0.3) is 10.0 Å². The quantitative estimate of drug-likeness (QED) is 0.244. The number of aryl methyl sites for hydroxylation is 1.